The van der Waals surface area contributed by atoms with Crippen molar-refractivity contribution in [2.45, 2.75) is 31.3 Å². The second kappa shape index (κ2) is 4.69. The van der Waals surface area contributed by atoms with E-state index in [0.717, 1.165) is 50.2 Å². The van der Waals surface area contributed by atoms with Crippen LogP contribution in [0.15, 0.2) is 36.7 Å². The smallest absolute Gasteiger partial charge is 0.181 e. The van der Waals surface area contributed by atoms with Crippen molar-refractivity contribution in [2.24, 2.45) is 12.5 Å². The van der Waals surface area contributed by atoms with Gasteiger partial charge in [-0.15, -0.1) is 11.3 Å². The Morgan fingerprint density at radius 3 is 2.81 bits per heavy atom. The second-order valence-corrected chi connectivity index (χ2v) is 9.06. The van der Waals surface area contributed by atoms with Gasteiger partial charge in [0.05, 0.1) is 11.3 Å². The average Bonchev–Trinajstić information content (AvgIpc) is 3.09. The number of rotatable bonds is 2. The third-order valence-corrected chi connectivity index (χ3v) is 7.14. The van der Waals surface area contributed by atoms with Crippen molar-refractivity contribution in [2.75, 3.05) is 0 Å². The highest BCUT2D eigenvalue weighted by Crippen LogP contribution is 2.68. The average molecular weight is 362 g/mol. The summed E-state index contributed by atoms with van der Waals surface area (Å²) in [5, 5.41) is 17.4. The number of thiophene rings is 1. The highest BCUT2D eigenvalue weighted by atomic mass is 32.1. The van der Waals surface area contributed by atoms with E-state index in [9.17, 15) is 5.11 Å². The van der Waals surface area contributed by atoms with Crippen molar-refractivity contribution < 1.29 is 5.11 Å². The van der Waals surface area contributed by atoms with E-state index >= 15 is 0 Å². The molecule has 0 aromatic carbocycles. The van der Waals surface area contributed by atoms with Crippen LogP contribution in [0.5, 0.6) is 0 Å². The minimum absolute atomic E-state index is 0.467. The highest BCUT2D eigenvalue weighted by molar-refractivity contribution is 7.18. The van der Waals surface area contributed by atoms with Crippen LogP contribution in [-0.2, 0) is 12.6 Å². The zero-order valence-electron chi connectivity index (χ0n) is 14.4. The zero-order valence-corrected chi connectivity index (χ0v) is 15.3. The number of nitrogens with zero attached hydrogens (tertiary/aromatic N) is 4. The molecule has 4 heterocycles. The summed E-state index contributed by atoms with van der Waals surface area (Å²) in [4.78, 5) is 11.3. The van der Waals surface area contributed by atoms with Crippen LogP contribution in [0, 0.1) is 5.41 Å². The molecule has 0 bridgehead atoms. The van der Waals surface area contributed by atoms with Gasteiger partial charge < -0.3 is 5.11 Å². The minimum Gasteiger partial charge on any atom is -0.384 e. The van der Waals surface area contributed by atoms with Crippen LogP contribution in [0.4, 0.5) is 0 Å². The summed E-state index contributed by atoms with van der Waals surface area (Å²) < 4.78 is 1.77. The fraction of sp³-hybridized carbons (Fsp3) is 0.350. The number of fused-ring (bicyclic) bond motifs is 2. The molecule has 0 radical (unpaired) electrons. The predicted molar refractivity (Wildman–Crippen MR) is 102 cm³/mol. The normalized spacial score (nSPS) is 19.9. The largest absolute Gasteiger partial charge is 0.384 e. The lowest BCUT2D eigenvalue weighted by Crippen LogP contribution is -2.41. The SMILES string of the molecule is Cn1cc2cc(-c3ccc4cc(C5(O)CC6(CC6)C5)sc4n3)cnc2n1. The van der Waals surface area contributed by atoms with Gasteiger partial charge in [0.25, 0.3) is 0 Å². The summed E-state index contributed by atoms with van der Waals surface area (Å²) in [6.07, 6.45) is 8.20. The van der Waals surface area contributed by atoms with Gasteiger partial charge in [-0.1, -0.05) is 0 Å². The Bertz CT molecular complexity index is 1180. The van der Waals surface area contributed by atoms with Crippen LogP contribution in [0.3, 0.4) is 0 Å². The summed E-state index contributed by atoms with van der Waals surface area (Å²) in [5.41, 5.74) is 2.48. The van der Waals surface area contributed by atoms with E-state index in [4.69, 9.17) is 4.98 Å². The van der Waals surface area contributed by atoms with Gasteiger partial charge in [-0.3, -0.25) is 4.68 Å². The molecule has 0 unspecified atom stereocenters. The molecule has 130 valence electrons. The van der Waals surface area contributed by atoms with E-state index in [1.54, 1.807) is 16.0 Å². The van der Waals surface area contributed by atoms with Gasteiger partial charge in [-0.2, -0.15) is 5.10 Å². The Kier molecular flexibility index (Phi) is 2.67. The lowest BCUT2D eigenvalue weighted by atomic mass is 9.67. The third-order valence-electron chi connectivity index (χ3n) is 5.90. The van der Waals surface area contributed by atoms with E-state index in [0.29, 0.717) is 5.41 Å². The Morgan fingerprint density at radius 1 is 1.15 bits per heavy atom. The Balaban J connectivity index is 1.40. The van der Waals surface area contributed by atoms with Crippen LogP contribution in [0.2, 0.25) is 0 Å². The molecule has 0 saturated heterocycles. The fourth-order valence-corrected chi connectivity index (χ4v) is 5.49. The van der Waals surface area contributed by atoms with Gasteiger partial charge in [0.1, 0.15) is 4.83 Å². The molecule has 2 aliphatic rings. The summed E-state index contributed by atoms with van der Waals surface area (Å²) in [6.45, 7) is 0. The first kappa shape index (κ1) is 14.8. The number of aryl methyl sites for hydroxylation is 1. The van der Waals surface area contributed by atoms with E-state index in [2.05, 4.69) is 28.3 Å². The summed E-state index contributed by atoms with van der Waals surface area (Å²) >= 11 is 1.63. The van der Waals surface area contributed by atoms with Gasteiger partial charge in [-0.05, 0) is 55.4 Å². The molecule has 0 atom stereocenters. The molecule has 0 aliphatic heterocycles. The van der Waals surface area contributed by atoms with Crippen molar-refractivity contribution >= 4 is 32.6 Å². The monoisotopic (exact) mass is 362 g/mol. The van der Waals surface area contributed by atoms with Gasteiger partial charge in [0, 0.05) is 40.7 Å². The summed E-state index contributed by atoms with van der Waals surface area (Å²) in [5.74, 6) is 0. The number of pyridine rings is 2. The molecule has 1 N–H and O–H groups in total. The molecule has 0 amide bonds. The molecule has 2 saturated carbocycles. The fourth-order valence-electron chi connectivity index (χ4n) is 4.37. The third kappa shape index (κ3) is 2.09. The summed E-state index contributed by atoms with van der Waals surface area (Å²) in [6, 6.07) is 8.33. The van der Waals surface area contributed by atoms with E-state index in [1.165, 1.54) is 12.8 Å². The number of aromatic nitrogens is 4. The van der Waals surface area contributed by atoms with Gasteiger partial charge in [0.2, 0.25) is 0 Å². The molecule has 6 rings (SSSR count). The quantitative estimate of drug-likeness (QED) is 0.585. The van der Waals surface area contributed by atoms with Crippen molar-refractivity contribution in [1.82, 2.24) is 19.7 Å². The molecule has 5 nitrogen and oxygen atoms in total. The van der Waals surface area contributed by atoms with Crippen LogP contribution < -0.4 is 0 Å². The highest BCUT2D eigenvalue weighted by Gasteiger charge is 2.61. The molecule has 4 aromatic rings. The van der Waals surface area contributed by atoms with E-state index < -0.39 is 5.60 Å². The van der Waals surface area contributed by atoms with Crippen LogP contribution in [0.1, 0.15) is 30.6 Å². The topological polar surface area (TPSA) is 63.8 Å². The Hall–Kier alpha value is -2.31. The molecule has 6 heteroatoms. The first-order valence-electron chi connectivity index (χ1n) is 8.95. The van der Waals surface area contributed by atoms with Gasteiger partial charge >= 0.3 is 0 Å². The minimum atomic E-state index is -0.627. The van der Waals surface area contributed by atoms with Crippen LogP contribution >= 0.6 is 11.3 Å². The van der Waals surface area contributed by atoms with Gasteiger partial charge in [-0.25, -0.2) is 9.97 Å². The van der Waals surface area contributed by atoms with Gasteiger partial charge in [0.15, 0.2) is 5.65 Å². The molecule has 4 aromatic heterocycles. The molecule has 26 heavy (non-hydrogen) atoms. The molecule has 1 spiro atoms. The van der Waals surface area contributed by atoms with Crippen LogP contribution in [-0.4, -0.2) is 24.9 Å². The molecule has 2 aliphatic carbocycles. The Morgan fingerprint density at radius 2 is 2.00 bits per heavy atom. The number of hydrogen-bond donors (Lipinski definition) is 1. The zero-order chi connectivity index (χ0) is 17.5. The lowest BCUT2D eigenvalue weighted by molar-refractivity contribution is -0.0887. The molecular weight excluding hydrogens is 344 g/mol. The van der Waals surface area contributed by atoms with E-state index in [1.807, 2.05) is 25.5 Å². The van der Waals surface area contributed by atoms with Crippen molar-refractivity contribution in [1.29, 1.82) is 0 Å². The predicted octanol–water partition coefficient (Wildman–Crippen LogP) is 4.01. The molecule has 2 fully saturated rings. The van der Waals surface area contributed by atoms with Crippen molar-refractivity contribution in [3.05, 3.63) is 41.5 Å². The van der Waals surface area contributed by atoms with E-state index in [-0.39, 0.29) is 0 Å². The number of aliphatic hydroxyl groups is 1. The Labute approximate surface area is 154 Å². The first-order valence-corrected chi connectivity index (χ1v) is 9.77. The van der Waals surface area contributed by atoms with Crippen LogP contribution in [0.25, 0.3) is 32.5 Å². The second-order valence-electron chi connectivity index (χ2n) is 8.03. The standard InChI is InChI=1S/C20H18N4OS/c1-24-9-14-6-13(8-21-17(14)23-24)15-3-2-12-7-16(26-18(12)22-15)20(25)10-19(11-20)4-5-19/h2-3,6-9,25H,4-5,10-11H2,1H3. The maximum Gasteiger partial charge on any atom is 0.181 e. The maximum atomic E-state index is 10.9. The van der Waals surface area contributed by atoms with Crippen molar-refractivity contribution in [3.63, 3.8) is 0 Å². The first-order chi connectivity index (χ1) is 12.5. The lowest BCUT2D eigenvalue weighted by Gasteiger charge is -2.43. The summed E-state index contributed by atoms with van der Waals surface area (Å²) in [7, 11) is 1.90. The number of hydrogen-bond acceptors (Lipinski definition) is 5. The molecular formula is C20H18N4OS. The van der Waals surface area contributed by atoms with Crippen molar-refractivity contribution in [3.8, 4) is 11.3 Å². The maximum absolute atomic E-state index is 10.9.